The highest BCUT2D eigenvalue weighted by molar-refractivity contribution is 5.99. The smallest absolute Gasteiger partial charge is 0.451 e. The van der Waals surface area contributed by atoms with E-state index in [0.717, 1.165) is 25.5 Å². The third-order valence-electron chi connectivity index (χ3n) is 7.24. The summed E-state index contributed by atoms with van der Waals surface area (Å²) in [7, 11) is 0. The Hall–Kier alpha value is -4.04. The van der Waals surface area contributed by atoms with E-state index >= 15 is 0 Å². The molecule has 0 spiro atoms. The Morgan fingerprint density at radius 3 is 2.75 bits per heavy atom. The number of aliphatic hydroxyl groups is 1. The van der Waals surface area contributed by atoms with Crippen LogP contribution in [0.2, 0.25) is 0 Å². The van der Waals surface area contributed by atoms with Gasteiger partial charge in [-0.3, -0.25) is 19.3 Å². The molecule has 0 aliphatic carbocycles. The van der Waals surface area contributed by atoms with Crippen LogP contribution in [-0.2, 0) is 22.6 Å². The van der Waals surface area contributed by atoms with E-state index in [1.807, 2.05) is 0 Å². The Labute approximate surface area is 227 Å². The average Bonchev–Trinajstić information content (AvgIpc) is 3.52. The van der Waals surface area contributed by atoms with Crippen LogP contribution in [0.1, 0.15) is 45.7 Å². The molecular weight excluding hydrogens is 534 g/mol. The van der Waals surface area contributed by atoms with Gasteiger partial charge in [-0.1, -0.05) is 6.07 Å². The van der Waals surface area contributed by atoms with E-state index in [-0.39, 0.29) is 61.8 Å². The fraction of sp³-hybridized carbons (Fsp3) is 0.462. The highest BCUT2D eigenvalue weighted by Crippen LogP contribution is 2.35. The summed E-state index contributed by atoms with van der Waals surface area (Å²) < 4.78 is 43.8. The van der Waals surface area contributed by atoms with E-state index in [1.165, 1.54) is 16.8 Å². The largest absolute Gasteiger partial charge is 0.511 e. The maximum Gasteiger partial charge on any atom is 0.511 e. The van der Waals surface area contributed by atoms with E-state index in [1.54, 1.807) is 4.90 Å². The maximum atomic E-state index is 14.1. The first kappa shape index (κ1) is 27.5. The molecule has 1 aromatic carbocycles. The van der Waals surface area contributed by atoms with Gasteiger partial charge in [-0.05, 0) is 18.9 Å². The first-order valence-electron chi connectivity index (χ1n) is 12.9. The van der Waals surface area contributed by atoms with Crippen molar-refractivity contribution < 1.29 is 42.5 Å². The summed E-state index contributed by atoms with van der Waals surface area (Å²) in [5.41, 5.74) is -1.37. The summed E-state index contributed by atoms with van der Waals surface area (Å²) in [6.45, 7) is 0.201. The van der Waals surface area contributed by atoms with Crippen molar-refractivity contribution in [2.24, 2.45) is 0 Å². The van der Waals surface area contributed by atoms with Crippen molar-refractivity contribution in [1.82, 2.24) is 19.7 Å². The van der Waals surface area contributed by atoms with Gasteiger partial charge in [0.2, 0.25) is 18.0 Å². The van der Waals surface area contributed by atoms with Crippen LogP contribution in [0.3, 0.4) is 0 Å². The molecule has 3 aliphatic rings. The van der Waals surface area contributed by atoms with Gasteiger partial charge >= 0.3 is 6.16 Å². The maximum absolute atomic E-state index is 14.1. The van der Waals surface area contributed by atoms with Gasteiger partial charge in [-0.25, -0.2) is 13.6 Å². The van der Waals surface area contributed by atoms with Crippen LogP contribution < -0.4 is 15.5 Å². The number of fused-ring (bicyclic) bond motifs is 4. The van der Waals surface area contributed by atoms with Gasteiger partial charge in [-0.15, -0.1) is 0 Å². The number of pyridine rings is 1. The molecule has 3 aliphatic heterocycles. The van der Waals surface area contributed by atoms with Crippen molar-refractivity contribution in [3.8, 4) is 5.75 Å². The van der Waals surface area contributed by atoms with E-state index in [0.29, 0.717) is 12.6 Å². The van der Waals surface area contributed by atoms with E-state index in [9.17, 15) is 28.0 Å². The Kier molecular flexibility index (Phi) is 7.98. The molecule has 2 saturated heterocycles. The number of hydrogen-bond acceptors (Lipinski definition) is 9. The van der Waals surface area contributed by atoms with Crippen molar-refractivity contribution in [2.45, 2.75) is 44.6 Å². The Morgan fingerprint density at radius 1 is 1.15 bits per heavy atom. The first-order valence-corrected chi connectivity index (χ1v) is 12.9. The van der Waals surface area contributed by atoms with Crippen LogP contribution in [0.5, 0.6) is 5.75 Å². The summed E-state index contributed by atoms with van der Waals surface area (Å²) >= 11 is 0. The van der Waals surface area contributed by atoms with Crippen LogP contribution >= 0.6 is 0 Å². The Balaban J connectivity index is 1.41. The number of aromatic nitrogens is 1. The standard InChI is InChI=1S/C26H28F2N4O8/c27-16-5-4-15(19(28)9-16)10-29-24(35)18-12-30-13-20-31-6-1-3-17(31)11-32(20)25(36)21(30)23(22(18)34)39-14-40-26(37)38-8-2-7-33/h4-5,9,12,17,20,33H,1-3,6-8,10-11,13-14H2,(H,29,35)/t17?,20-/m0/s1. The molecule has 5 rings (SSSR count). The van der Waals surface area contributed by atoms with E-state index < -0.39 is 47.6 Å². The fourth-order valence-electron chi connectivity index (χ4n) is 5.34. The molecule has 2 atom stereocenters. The lowest BCUT2D eigenvalue weighted by molar-refractivity contribution is 0.00132. The summed E-state index contributed by atoms with van der Waals surface area (Å²) in [6.07, 6.45) is 2.05. The average molecular weight is 563 g/mol. The molecule has 14 heteroatoms. The molecule has 2 N–H and O–H groups in total. The first-order chi connectivity index (χ1) is 19.3. The SMILES string of the molecule is O=C(OCCCO)OCOc1c2n(cc(C(=O)NCc3ccc(F)cc3F)c1=O)C[C@@H]1N(CC3CCCN31)C2=O. The van der Waals surface area contributed by atoms with Gasteiger partial charge in [-0.2, -0.15) is 0 Å². The van der Waals surface area contributed by atoms with Gasteiger partial charge in [0.1, 0.15) is 23.4 Å². The van der Waals surface area contributed by atoms with Crippen molar-refractivity contribution in [3.05, 3.63) is 63.1 Å². The molecule has 2 aromatic rings. The van der Waals surface area contributed by atoms with Gasteiger partial charge in [0.25, 0.3) is 11.8 Å². The Morgan fingerprint density at radius 2 is 1.98 bits per heavy atom. The number of halogens is 2. The number of nitrogens with zero attached hydrogens (tertiary/aromatic N) is 3. The zero-order chi connectivity index (χ0) is 28.4. The minimum Gasteiger partial charge on any atom is -0.451 e. The van der Waals surface area contributed by atoms with Gasteiger partial charge < -0.3 is 34.1 Å². The highest BCUT2D eigenvalue weighted by Gasteiger charge is 2.48. The number of amides is 2. The number of rotatable bonds is 9. The third kappa shape index (κ3) is 5.36. The number of benzene rings is 1. The topological polar surface area (TPSA) is 140 Å². The fourth-order valence-corrected chi connectivity index (χ4v) is 5.34. The zero-order valence-corrected chi connectivity index (χ0v) is 21.4. The predicted molar refractivity (Wildman–Crippen MR) is 132 cm³/mol. The van der Waals surface area contributed by atoms with Crippen molar-refractivity contribution >= 4 is 18.0 Å². The van der Waals surface area contributed by atoms with E-state index in [4.69, 9.17) is 19.3 Å². The summed E-state index contributed by atoms with van der Waals surface area (Å²) in [6, 6.07) is 3.10. The number of ether oxygens (including phenoxy) is 3. The molecule has 1 aromatic heterocycles. The molecule has 4 heterocycles. The van der Waals surface area contributed by atoms with Crippen molar-refractivity contribution in [3.63, 3.8) is 0 Å². The number of hydrogen-bond donors (Lipinski definition) is 2. The van der Waals surface area contributed by atoms with Gasteiger partial charge in [0, 0.05) is 56.5 Å². The minimum absolute atomic E-state index is 0.00856. The molecule has 0 bridgehead atoms. The number of nitrogens with one attached hydrogen (secondary N) is 1. The minimum atomic E-state index is -1.11. The second-order valence-electron chi connectivity index (χ2n) is 9.67. The molecule has 1 unspecified atom stereocenters. The van der Waals surface area contributed by atoms with Gasteiger partial charge in [0.15, 0.2) is 5.69 Å². The summed E-state index contributed by atoms with van der Waals surface area (Å²) in [4.78, 5) is 55.7. The number of aliphatic hydroxyl groups excluding tert-OH is 1. The predicted octanol–water partition coefficient (Wildman–Crippen LogP) is 1.19. The second-order valence-corrected chi connectivity index (χ2v) is 9.67. The lowest BCUT2D eigenvalue weighted by atomic mass is 10.1. The molecular formula is C26H28F2N4O8. The molecule has 0 saturated carbocycles. The monoisotopic (exact) mass is 562 g/mol. The highest BCUT2D eigenvalue weighted by atomic mass is 19.1. The summed E-state index contributed by atoms with van der Waals surface area (Å²) in [5, 5.41) is 11.2. The normalized spacial score (nSPS) is 19.6. The zero-order valence-electron chi connectivity index (χ0n) is 21.4. The number of carbonyl (C=O) groups excluding carboxylic acids is 3. The lowest BCUT2D eigenvalue weighted by Crippen LogP contribution is -2.50. The lowest BCUT2D eigenvalue weighted by Gasteiger charge is -2.36. The van der Waals surface area contributed by atoms with Crippen LogP contribution in [0, 0.1) is 11.6 Å². The van der Waals surface area contributed by atoms with Crippen molar-refractivity contribution in [2.75, 3.05) is 33.1 Å². The van der Waals surface area contributed by atoms with Crippen LogP contribution in [-0.4, -0.2) is 82.7 Å². The van der Waals surface area contributed by atoms with Gasteiger partial charge in [0.05, 0.1) is 13.2 Å². The molecule has 12 nitrogen and oxygen atoms in total. The molecule has 40 heavy (non-hydrogen) atoms. The van der Waals surface area contributed by atoms with E-state index in [2.05, 4.69) is 10.2 Å². The third-order valence-corrected chi connectivity index (χ3v) is 7.24. The van der Waals surface area contributed by atoms with Crippen LogP contribution in [0.15, 0.2) is 29.2 Å². The Bertz CT molecular complexity index is 1380. The quantitative estimate of drug-likeness (QED) is 0.262. The van der Waals surface area contributed by atoms with Crippen LogP contribution in [0.4, 0.5) is 13.6 Å². The molecule has 2 fully saturated rings. The second kappa shape index (κ2) is 11.6. The van der Waals surface area contributed by atoms with Crippen molar-refractivity contribution in [1.29, 1.82) is 0 Å². The molecule has 214 valence electrons. The van der Waals surface area contributed by atoms with Crippen LogP contribution in [0.25, 0.3) is 0 Å². The molecule has 0 radical (unpaired) electrons. The summed E-state index contributed by atoms with van der Waals surface area (Å²) in [5.74, 6) is -3.42. The molecule has 2 amide bonds. The number of carbonyl (C=O) groups is 3.